The van der Waals surface area contributed by atoms with Crippen molar-refractivity contribution in [2.24, 2.45) is 12.8 Å². The molecule has 1 aromatic carbocycles. The SMILES string of the molecule is COC1C(N)CCC(c2c(NC(=O)c3csc(-c4c(F)cccc4F)n3)cnn2C)OC1C. The van der Waals surface area contributed by atoms with Crippen molar-refractivity contribution >= 4 is 22.9 Å². The number of carbonyl (C=O) groups is 1. The molecular weight excluding hydrogens is 452 g/mol. The highest BCUT2D eigenvalue weighted by Crippen LogP contribution is 2.35. The molecule has 33 heavy (non-hydrogen) atoms. The molecule has 11 heteroatoms. The number of halogens is 2. The molecule has 8 nitrogen and oxygen atoms in total. The largest absolute Gasteiger partial charge is 0.377 e. The summed E-state index contributed by atoms with van der Waals surface area (Å²) in [6.07, 6.45) is 1.98. The number of aromatic nitrogens is 3. The van der Waals surface area contributed by atoms with Crippen LogP contribution in [0.2, 0.25) is 0 Å². The Hall–Kier alpha value is -2.73. The molecule has 2 aromatic heterocycles. The third kappa shape index (κ3) is 4.67. The number of methoxy groups -OCH3 is 1. The Kier molecular flexibility index (Phi) is 6.84. The number of nitrogens with zero attached hydrogens (tertiary/aromatic N) is 3. The Labute approximate surface area is 193 Å². The van der Waals surface area contributed by atoms with Crippen LogP contribution in [0.1, 0.15) is 42.1 Å². The molecule has 4 unspecified atom stereocenters. The zero-order chi connectivity index (χ0) is 23.7. The van der Waals surface area contributed by atoms with Crippen molar-refractivity contribution in [3.63, 3.8) is 0 Å². The molecule has 4 atom stereocenters. The Morgan fingerprint density at radius 1 is 1.33 bits per heavy atom. The van der Waals surface area contributed by atoms with Gasteiger partial charge in [-0.1, -0.05) is 6.07 Å². The molecule has 176 valence electrons. The van der Waals surface area contributed by atoms with Crippen LogP contribution in [-0.2, 0) is 16.5 Å². The number of hydrogen-bond acceptors (Lipinski definition) is 7. The molecule has 3 N–H and O–H groups in total. The van der Waals surface area contributed by atoms with Crippen molar-refractivity contribution in [3.05, 3.63) is 52.8 Å². The van der Waals surface area contributed by atoms with Gasteiger partial charge in [-0.15, -0.1) is 11.3 Å². The summed E-state index contributed by atoms with van der Waals surface area (Å²) in [4.78, 5) is 17.0. The van der Waals surface area contributed by atoms with Crippen molar-refractivity contribution in [2.75, 3.05) is 12.4 Å². The van der Waals surface area contributed by atoms with Gasteiger partial charge in [0.15, 0.2) is 0 Å². The van der Waals surface area contributed by atoms with Crippen LogP contribution in [0.5, 0.6) is 0 Å². The zero-order valence-electron chi connectivity index (χ0n) is 18.4. The third-order valence-corrected chi connectivity index (χ3v) is 6.61. The summed E-state index contributed by atoms with van der Waals surface area (Å²) >= 11 is 0.988. The fraction of sp³-hybridized carbons (Fsp3) is 0.409. The first-order valence-corrected chi connectivity index (χ1v) is 11.3. The highest BCUT2D eigenvalue weighted by atomic mass is 32.1. The topological polar surface area (TPSA) is 104 Å². The van der Waals surface area contributed by atoms with Gasteiger partial charge in [0.2, 0.25) is 0 Å². The molecule has 1 amide bonds. The molecular formula is C22H25F2N5O3S. The van der Waals surface area contributed by atoms with E-state index in [9.17, 15) is 13.6 Å². The molecule has 0 radical (unpaired) electrons. The predicted molar refractivity (Wildman–Crippen MR) is 120 cm³/mol. The molecule has 1 saturated heterocycles. The van der Waals surface area contributed by atoms with Gasteiger partial charge in [-0.2, -0.15) is 5.10 Å². The Balaban J connectivity index is 1.56. The lowest BCUT2D eigenvalue weighted by Gasteiger charge is -2.26. The van der Waals surface area contributed by atoms with Gasteiger partial charge < -0.3 is 20.5 Å². The number of amides is 1. The van der Waals surface area contributed by atoms with Crippen LogP contribution in [0.15, 0.2) is 29.8 Å². The maximum absolute atomic E-state index is 14.1. The van der Waals surface area contributed by atoms with E-state index in [2.05, 4.69) is 15.4 Å². The van der Waals surface area contributed by atoms with Gasteiger partial charge in [0.1, 0.15) is 28.4 Å². The van der Waals surface area contributed by atoms with Gasteiger partial charge in [-0.25, -0.2) is 13.8 Å². The van der Waals surface area contributed by atoms with Gasteiger partial charge in [0.25, 0.3) is 5.91 Å². The van der Waals surface area contributed by atoms with Crippen molar-refractivity contribution in [1.82, 2.24) is 14.8 Å². The van der Waals surface area contributed by atoms with Crippen LogP contribution in [0, 0.1) is 11.6 Å². The number of rotatable bonds is 5. The second kappa shape index (κ2) is 9.64. The van der Waals surface area contributed by atoms with E-state index in [0.29, 0.717) is 24.2 Å². The molecule has 0 saturated carbocycles. The summed E-state index contributed by atoms with van der Waals surface area (Å²) in [6.45, 7) is 1.90. The molecule has 0 spiro atoms. The summed E-state index contributed by atoms with van der Waals surface area (Å²) in [6, 6.07) is 3.40. The zero-order valence-corrected chi connectivity index (χ0v) is 19.2. The van der Waals surface area contributed by atoms with Gasteiger partial charge in [-0.05, 0) is 31.9 Å². The number of benzene rings is 1. The monoisotopic (exact) mass is 477 g/mol. The van der Waals surface area contributed by atoms with E-state index in [0.717, 1.165) is 23.5 Å². The molecule has 0 aliphatic carbocycles. The lowest BCUT2D eigenvalue weighted by atomic mass is 10.0. The minimum Gasteiger partial charge on any atom is -0.377 e. The molecule has 4 rings (SSSR count). The van der Waals surface area contributed by atoms with E-state index >= 15 is 0 Å². The lowest BCUT2D eigenvalue weighted by molar-refractivity contribution is -0.0759. The normalized spacial score (nSPS) is 23.3. The summed E-state index contributed by atoms with van der Waals surface area (Å²) in [7, 11) is 3.37. The first kappa shape index (κ1) is 23.4. The van der Waals surface area contributed by atoms with E-state index in [1.165, 1.54) is 17.6 Å². The first-order valence-electron chi connectivity index (χ1n) is 10.5. The number of carbonyl (C=O) groups excluding carboxylic acids is 1. The van der Waals surface area contributed by atoms with E-state index < -0.39 is 17.5 Å². The number of aryl methyl sites for hydroxylation is 1. The highest BCUT2D eigenvalue weighted by molar-refractivity contribution is 7.13. The second-order valence-electron chi connectivity index (χ2n) is 7.93. The van der Waals surface area contributed by atoms with Crippen molar-refractivity contribution < 1.29 is 23.0 Å². The van der Waals surface area contributed by atoms with Crippen molar-refractivity contribution in [3.8, 4) is 10.6 Å². The number of nitrogens with two attached hydrogens (primary N) is 1. The molecule has 1 aliphatic heterocycles. The molecule has 3 aromatic rings. The van der Waals surface area contributed by atoms with Gasteiger partial charge >= 0.3 is 0 Å². The van der Waals surface area contributed by atoms with Gasteiger partial charge in [-0.3, -0.25) is 9.48 Å². The fourth-order valence-corrected chi connectivity index (χ4v) is 4.98. The van der Waals surface area contributed by atoms with Crippen molar-refractivity contribution in [2.45, 2.75) is 44.1 Å². The Morgan fingerprint density at radius 2 is 2.06 bits per heavy atom. The molecule has 3 heterocycles. The fourth-order valence-electron chi connectivity index (χ4n) is 4.13. The summed E-state index contributed by atoms with van der Waals surface area (Å²) < 4.78 is 41.5. The van der Waals surface area contributed by atoms with Crippen LogP contribution in [-0.4, -0.2) is 46.0 Å². The average Bonchev–Trinajstić information content (AvgIpc) is 3.35. The van der Waals surface area contributed by atoms with Gasteiger partial charge in [0.05, 0.1) is 35.3 Å². The quantitative estimate of drug-likeness (QED) is 0.581. The van der Waals surface area contributed by atoms with Crippen LogP contribution in [0.25, 0.3) is 10.6 Å². The van der Waals surface area contributed by atoms with Crippen molar-refractivity contribution in [1.29, 1.82) is 0 Å². The number of nitrogens with one attached hydrogen (secondary N) is 1. The van der Waals surface area contributed by atoms with E-state index in [1.807, 2.05) is 6.92 Å². The number of thiazole rings is 1. The smallest absolute Gasteiger partial charge is 0.275 e. The predicted octanol–water partition coefficient (Wildman–Crippen LogP) is 3.66. The molecule has 1 fully saturated rings. The lowest BCUT2D eigenvalue weighted by Crippen LogP contribution is -2.42. The standard InChI is InChI=1S/C22H25F2N5O3S/c1-11-20(31-3)14(25)7-8-17(32-11)19-15(9-26-29(19)2)27-21(30)16-10-33-22(28-16)18-12(23)5-4-6-13(18)24/h4-6,9-11,14,17,20H,7-8,25H2,1-3H3,(H,27,30). The minimum atomic E-state index is -0.738. The number of ether oxygens (including phenoxy) is 2. The van der Waals surface area contributed by atoms with Crippen LogP contribution >= 0.6 is 11.3 Å². The minimum absolute atomic E-state index is 0.0454. The summed E-state index contributed by atoms with van der Waals surface area (Å²) in [5.74, 6) is -1.99. The van der Waals surface area contributed by atoms with E-state index in [1.54, 1.807) is 18.8 Å². The number of anilines is 1. The maximum atomic E-state index is 14.1. The van der Waals surface area contributed by atoms with Crippen LogP contribution in [0.3, 0.4) is 0 Å². The maximum Gasteiger partial charge on any atom is 0.275 e. The third-order valence-electron chi connectivity index (χ3n) is 5.75. The van der Waals surface area contributed by atoms with Crippen LogP contribution < -0.4 is 11.1 Å². The summed E-state index contributed by atoms with van der Waals surface area (Å²) in [5.41, 5.74) is 7.19. The number of hydrogen-bond donors (Lipinski definition) is 2. The molecule has 1 aliphatic rings. The summed E-state index contributed by atoms with van der Waals surface area (Å²) in [5, 5.41) is 8.62. The van der Waals surface area contributed by atoms with Gasteiger partial charge in [0, 0.05) is 25.6 Å². The first-order chi connectivity index (χ1) is 15.8. The Morgan fingerprint density at radius 3 is 2.76 bits per heavy atom. The Bertz CT molecular complexity index is 1130. The highest BCUT2D eigenvalue weighted by Gasteiger charge is 2.34. The van der Waals surface area contributed by atoms with E-state index in [-0.39, 0.29) is 40.6 Å². The van der Waals surface area contributed by atoms with Crippen LogP contribution in [0.4, 0.5) is 14.5 Å². The van der Waals surface area contributed by atoms with E-state index in [4.69, 9.17) is 15.2 Å². The molecule has 0 bridgehead atoms. The second-order valence-corrected chi connectivity index (χ2v) is 8.79. The average molecular weight is 478 g/mol.